The first-order valence-electron chi connectivity index (χ1n) is 6.85. The van der Waals surface area contributed by atoms with Crippen LogP contribution >= 0.6 is 11.6 Å². The quantitative estimate of drug-likeness (QED) is 0.654. The van der Waals surface area contributed by atoms with E-state index in [9.17, 15) is 0 Å². The van der Waals surface area contributed by atoms with Crippen molar-refractivity contribution in [3.63, 3.8) is 0 Å². The Hall–Kier alpha value is -2.52. The van der Waals surface area contributed by atoms with Crippen LogP contribution in [-0.2, 0) is 0 Å². The second kappa shape index (κ2) is 6.08. The van der Waals surface area contributed by atoms with Crippen molar-refractivity contribution in [2.45, 2.75) is 6.92 Å². The van der Waals surface area contributed by atoms with E-state index in [1.54, 1.807) is 12.4 Å². The van der Waals surface area contributed by atoms with E-state index in [1.165, 1.54) is 0 Å². The summed E-state index contributed by atoms with van der Waals surface area (Å²) in [6, 6.07) is 13.4. The van der Waals surface area contributed by atoms with E-state index in [2.05, 4.69) is 21.5 Å². The maximum absolute atomic E-state index is 5.90. The van der Waals surface area contributed by atoms with Gasteiger partial charge in [0.05, 0.1) is 16.7 Å². The van der Waals surface area contributed by atoms with Crippen LogP contribution in [-0.4, -0.2) is 15.7 Å². The predicted molar refractivity (Wildman–Crippen MR) is 92.2 cm³/mol. The summed E-state index contributed by atoms with van der Waals surface area (Å²) in [6.07, 6.45) is 3.37. The molecule has 22 heavy (non-hydrogen) atoms. The van der Waals surface area contributed by atoms with Crippen LogP contribution in [0.5, 0.6) is 0 Å². The zero-order valence-electron chi connectivity index (χ0n) is 12.1. The highest BCUT2D eigenvalue weighted by atomic mass is 35.5. The molecule has 0 amide bonds. The zero-order valence-corrected chi connectivity index (χ0v) is 12.9. The van der Waals surface area contributed by atoms with Gasteiger partial charge in [0.2, 0.25) is 0 Å². The SMILES string of the molecule is C=C(N=C(C)c1ccc2nccnc2c1)c1ccc(Cl)cc1. The summed E-state index contributed by atoms with van der Waals surface area (Å²) < 4.78 is 0. The van der Waals surface area contributed by atoms with Crippen molar-refractivity contribution in [3.8, 4) is 0 Å². The van der Waals surface area contributed by atoms with E-state index >= 15 is 0 Å². The lowest BCUT2D eigenvalue weighted by molar-refractivity contribution is 1.29. The Kier molecular flexibility index (Phi) is 3.98. The topological polar surface area (TPSA) is 38.1 Å². The van der Waals surface area contributed by atoms with Crippen molar-refractivity contribution in [1.82, 2.24) is 9.97 Å². The molecule has 0 aliphatic carbocycles. The maximum atomic E-state index is 5.90. The Morgan fingerprint density at radius 1 is 0.955 bits per heavy atom. The standard InChI is InChI=1S/C18H14ClN3/c1-12(14-3-6-16(19)7-4-14)22-13(2)15-5-8-17-18(11-15)21-10-9-20-17/h3-11H,1H2,2H3. The van der Waals surface area contributed by atoms with Gasteiger partial charge >= 0.3 is 0 Å². The largest absolute Gasteiger partial charge is 0.253 e. The zero-order chi connectivity index (χ0) is 15.5. The van der Waals surface area contributed by atoms with Crippen LogP contribution in [0.2, 0.25) is 5.02 Å². The monoisotopic (exact) mass is 307 g/mol. The van der Waals surface area contributed by atoms with Gasteiger partial charge in [0.25, 0.3) is 0 Å². The highest BCUT2D eigenvalue weighted by molar-refractivity contribution is 6.30. The normalized spacial score (nSPS) is 11.6. The lowest BCUT2D eigenvalue weighted by Gasteiger charge is -2.05. The summed E-state index contributed by atoms with van der Waals surface area (Å²) in [6.45, 7) is 5.98. The Labute approximate surface area is 134 Å². The minimum atomic E-state index is 0.699. The molecule has 1 heterocycles. The van der Waals surface area contributed by atoms with Gasteiger partial charge in [-0.3, -0.25) is 15.0 Å². The molecule has 3 aromatic rings. The molecular weight excluding hydrogens is 294 g/mol. The highest BCUT2D eigenvalue weighted by Gasteiger charge is 2.03. The molecule has 0 spiro atoms. The van der Waals surface area contributed by atoms with E-state index in [0.717, 1.165) is 27.9 Å². The molecule has 0 saturated heterocycles. The summed E-state index contributed by atoms with van der Waals surface area (Å²) in [5, 5.41) is 0.699. The molecule has 0 N–H and O–H groups in total. The number of rotatable bonds is 3. The average Bonchev–Trinajstić information content (AvgIpc) is 2.55. The molecule has 0 bridgehead atoms. The molecular formula is C18H14ClN3. The number of aromatic nitrogens is 2. The lowest BCUT2D eigenvalue weighted by Crippen LogP contribution is -1.96. The molecule has 3 nitrogen and oxygen atoms in total. The van der Waals surface area contributed by atoms with Crippen molar-refractivity contribution < 1.29 is 0 Å². The third-order valence-electron chi connectivity index (χ3n) is 3.37. The third kappa shape index (κ3) is 3.05. The number of hydrogen-bond acceptors (Lipinski definition) is 3. The fraction of sp³-hybridized carbons (Fsp3) is 0.0556. The Balaban J connectivity index is 1.92. The van der Waals surface area contributed by atoms with Crippen LogP contribution in [0.15, 0.2) is 66.4 Å². The molecule has 0 radical (unpaired) electrons. The number of hydrogen-bond donors (Lipinski definition) is 0. The van der Waals surface area contributed by atoms with Gasteiger partial charge < -0.3 is 0 Å². The van der Waals surface area contributed by atoms with Crippen LogP contribution in [0, 0.1) is 0 Å². The second-order valence-corrected chi connectivity index (χ2v) is 5.35. The van der Waals surface area contributed by atoms with Gasteiger partial charge in [-0.25, -0.2) is 0 Å². The summed E-state index contributed by atoms with van der Waals surface area (Å²) >= 11 is 5.90. The van der Waals surface area contributed by atoms with Gasteiger partial charge in [-0.2, -0.15) is 0 Å². The molecule has 4 heteroatoms. The van der Waals surface area contributed by atoms with Gasteiger partial charge in [0.1, 0.15) is 0 Å². The molecule has 108 valence electrons. The number of nitrogens with zero attached hydrogens (tertiary/aromatic N) is 3. The minimum Gasteiger partial charge on any atom is -0.253 e. The predicted octanol–water partition coefficient (Wildman–Crippen LogP) is 4.76. The molecule has 0 fully saturated rings. The van der Waals surface area contributed by atoms with E-state index < -0.39 is 0 Å². The Morgan fingerprint density at radius 2 is 1.59 bits per heavy atom. The van der Waals surface area contributed by atoms with Gasteiger partial charge in [-0.15, -0.1) is 0 Å². The molecule has 0 saturated carbocycles. The molecule has 0 aliphatic heterocycles. The van der Waals surface area contributed by atoms with Gasteiger partial charge in [-0.1, -0.05) is 36.4 Å². The van der Waals surface area contributed by atoms with Crippen LogP contribution in [0.3, 0.4) is 0 Å². The minimum absolute atomic E-state index is 0.699. The molecule has 0 atom stereocenters. The number of aliphatic imine (C=N–C) groups is 1. The Bertz CT molecular complexity index is 867. The van der Waals surface area contributed by atoms with E-state index in [-0.39, 0.29) is 0 Å². The maximum Gasteiger partial charge on any atom is 0.0893 e. The first kappa shape index (κ1) is 14.4. The molecule has 0 aliphatic rings. The van der Waals surface area contributed by atoms with E-state index in [1.807, 2.05) is 49.4 Å². The number of benzene rings is 2. The smallest absolute Gasteiger partial charge is 0.0893 e. The lowest BCUT2D eigenvalue weighted by atomic mass is 10.1. The fourth-order valence-electron chi connectivity index (χ4n) is 2.16. The van der Waals surface area contributed by atoms with Crippen LogP contribution < -0.4 is 0 Å². The molecule has 2 aromatic carbocycles. The van der Waals surface area contributed by atoms with E-state index in [4.69, 9.17) is 11.6 Å². The second-order valence-electron chi connectivity index (χ2n) is 4.91. The van der Waals surface area contributed by atoms with Crippen LogP contribution in [0.25, 0.3) is 16.7 Å². The van der Waals surface area contributed by atoms with E-state index in [0.29, 0.717) is 10.7 Å². The van der Waals surface area contributed by atoms with Gasteiger partial charge in [0.15, 0.2) is 0 Å². The molecule has 0 unspecified atom stereocenters. The molecule has 1 aromatic heterocycles. The van der Waals surface area contributed by atoms with Gasteiger partial charge in [-0.05, 0) is 42.3 Å². The Morgan fingerprint density at radius 3 is 2.32 bits per heavy atom. The molecule has 3 rings (SSSR count). The van der Waals surface area contributed by atoms with Crippen molar-refractivity contribution in [2.75, 3.05) is 0 Å². The summed E-state index contributed by atoms with van der Waals surface area (Å²) in [7, 11) is 0. The number of fused-ring (bicyclic) bond motifs is 1. The first-order valence-corrected chi connectivity index (χ1v) is 7.22. The number of halogens is 1. The van der Waals surface area contributed by atoms with Crippen molar-refractivity contribution in [3.05, 3.63) is 77.6 Å². The summed E-state index contributed by atoms with van der Waals surface area (Å²) in [5.74, 6) is 0. The first-order chi connectivity index (χ1) is 10.6. The van der Waals surface area contributed by atoms with Crippen molar-refractivity contribution in [2.24, 2.45) is 4.99 Å². The third-order valence-corrected chi connectivity index (χ3v) is 3.62. The van der Waals surface area contributed by atoms with Crippen molar-refractivity contribution in [1.29, 1.82) is 0 Å². The summed E-state index contributed by atoms with van der Waals surface area (Å²) in [4.78, 5) is 13.2. The van der Waals surface area contributed by atoms with Crippen LogP contribution in [0.4, 0.5) is 0 Å². The highest BCUT2D eigenvalue weighted by Crippen LogP contribution is 2.19. The average molecular weight is 308 g/mol. The summed E-state index contributed by atoms with van der Waals surface area (Å²) in [5.41, 5.74) is 5.26. The van der Waals surface area contributed by atoms with Crippen LogP contribution in [0.1, 0.15) is 18.1 Å². The van der Waals surface area contributed by atoms with Crippen molar-refractivity contribution >= 4 is 34.0 Å². The fourth-order valence-corrected chi connectivity index (χ4v) is 2.29. The van der Waals surface area contributed by atoms with Gasteiger partial charge in [0, 0.05) is 23.1 Å².